The van der Waals surface area contributed by atoms with Crippen LogP contribution in [0.5, 0.6) is 0 Å². The standard InChI is InChI=1S/C15H13N3O3/c1-16-12-9-8-11(10-6-4-3-5-7-10)18(21)13(12)14(19)17(2)15(16)20/h3-9H,1-2H3. The fourth-order valence-electron chi connectivity index (χ4n) is 2.39. The Balaban J connectivity index is 2.48. The zero-order valence-electron chi connectivity index (χ0n) is 11.6. The number of aromatic nitrogens is 3. The molecule has 21 heavy (non-hydrogen) atoms. The summed E-state index contributed by atoms with van der Waals surface area (Å²) < 4.78 is 2.82. The zero-order chi connectivity index (χ0) is 15.1. The number of nitrogens with zero attached hydrogens (tertiary/aromatic N) is 3. The Morgan fingerprint density at radius 3 is 2.29 bits per heavy atom. The van der Waals surface area contributed by atoms with Crippen molar-refractivity contribution in [2.24, 2.45) is 14.1 Å². The van der Waals surface area contributed by atoms with Crippen LogP contribution in [0.25, 0.3) is 22.3 Å². The van der Waals surface area contributed by atoms with Crippen molar-refractivity contribution < 1.29 is 4.73 Å². The second kappa shape index (κ2) is 4.59. The van der Waals surface area contributed by atoms with Gasteiger partial charge in [-0.3, -0.25) is 13.9 Å². The molecular weight excluding hydrogens is 270 g/mol. The first kappa shape index (κ1) is 13.1. The molecule has 0 spiro atoms. The molecule has 3 rings (SSSR count). The SMILES string of the molecule is Cn1c(=O)c2c(ccc(-c3ccccc3)[n+]2[O-])n(C)c1=O. The highest BCUT2D eigenvalue weighted by molar-refractivity contribution is 5.73. The smallest absolute Gasteiger partial charge is 0.331 e. The lowest BCUT2D eigenvalue weighted by Crippen LogP contribution is -2.44. The Morgan fingerprint density at radius 2 is 1.62 bits per heavy atom. The fraction of sp³-hybridized carbons (Fsp3) is 0.133. The molecule has 0 aliphatic carbocycles. The van der Waals surface area contributed by atoms with Gasteiger partial charge in [0, 0.05) is 25.7 Å². The van der Waals surface area contributed by atoms with E-state index in [-0.39, 0.29) is 5.52 Å². The summed E-state index contributed by atoms with van der Waals surface area (Å²) in [5, 5.41) is 12.6. The molecule has 6 heteroatoms. The molecule has 0 aliphatic heterocycles. The van der Waals surface area contributed by atoms with E-state index in [1.165, 1.54) is 18.7 Å². The average molecular weight is 283 g/mol. The number of rotatable bonds is 1. The first-order valence-corrected chi connectivity index (χ1v) is 6.40. The van der Waals surface area contributed by atoms with Gasteiger partial charge in [0.2, 0.25) is 5.69 Å². The van der Waals surface area contributed by atoms with Crippen molar-refractivity contribution in [3.63, 3.8) is 0 Å². The third kappa shape index (κ3) is 1.84. The second-order valence-corrected chi connectivity index (χ2v) is 4.82. The van der Waals surface area contributed by atoms with Gasteiger partial charge >= 0.3 is 16.8 Å². The van der Waals surface area contributed by atoms with Gasteiger partial charge in [-0.25, -0.2) is 4.79 Å². The van der Waals surface area contributed by atoms with Crippen LogP contribution in [0.1, 0.15) is 0 Å². The molecule has 2 aromatic heterocycles. The minimum absolute atomic E-state index is 0.0408. The van der Waals surface area contributed by atoms with Crippen LogP contribution in [-0.2, 0) is 14.1 Å². The third-order valence-corrected chi connectivity index (χ3v) is 3.58. The van der Waals surface area contributed by atoms with Gasteiger partial charge in [0.1, 0.15) is 5.52 Å². The molecule has 0 saturated heterocycles. The van der Waals surface area contributed by atoms with Crippen LogP contribution in [-0.4, -0.2) is 9.13 Å². The van der Waals surface area contributed by atoms with Crippen molar-refractivity contribution in [3.05, 3.63) is 68.5 Å². The van der Waals surface area contributed by atoms with E-state index >= 15 is 0 Å². The number of hydrogen-bond acceptors (Lipinski definition) is 3. The molecule has 0 amide bonds. The molecule has 3 aromatic rings. The molecule has 106 valence electrons. The number of pyridine rings is 1. The zero-order valence-corrected chi connectivity index (χ0v) is 11.6. The van der Waals surface area contributed by atoms with E-state index in [1.807, 2.05) is 18.2 Å². The summed E-state index contributed by atoms with van der Waals surface area (Å²) >= 11 is 0. The van der Waals surface area contributed by atoms with Gasteiger partial charge < -0.3 is 5.21 Å². The van der Waals surface area contributed by atoms with Crippen LogP contribution in [0.2, 0.25) is 0 Å². The van der Waals surface area contributed by atoms with Crippen molar-refractivity contribution in [2.45, 2.75) is 0 Å². The van der Waals surface area contributed by atoms with Crippen LogP contribution in [0.3, 0.4) is 0 Å². The molecule has 0 N–H and O–H groups in total. The Hall–Kier alpha value is -2.89. The van der Waals surface area contributed by atoms with Crippen LogP contribution >= 0.6 is 0 Å². The van der Waals surface area contributed by atoms with Gasteiger partial charge in [0.15, 0.2) is 0 Å². The molecule has 0 atom stereocenters. The summed E-state index contributed by atoms with van der Waals surface area (Å²) in [7, 11) is 2.89. The van der Waals surface area contributed by atoms with Crippen molar-refractivity contribution in [1.82, 2.24) is 9.13 Å². The summed E-state index contributed by atoms with van der Waals surface area (Å²) in [4.78, 5) is 24.1. The highest BCUT2D eigenvalue weighted by Crippen LogP contribution is 2.16. The van der Waals surface area contributed by atoms with Gasteiger partial charge in [-0.1, -0.05) is 18.2 Å². The largest absolute Gasteiger partial charge is 0.618 e. The molecule has 0 radical (unpaired) electrons. The van der Waals surface area contributed by atoms with Gasteiger partial charge in [-0.2, -0.15) is 4.73 Å². The predicted octanol–water partition coefficient (Wildman–Crippen LogP) is 0.538. The minimum Gasteiger partial charge on any atom is -0.618 e. The Morgan fingerprint density at radius 1 is 0.952 bits per heavy atom. The molecule has 2 heterocycles. The first-order valence-electron chi connectivity index (χ1n) is 6.40. The first-order chi connectivity index (χ1) is 10.0. The lowest BCUT2D eigenvalue weighted by atomic mass is 10.1. The summed E-state index contributed by atoms with van der Waals surface area (Å²) in [6, 6.07) is 12.3. The highest BCUT2D eigenvalue weighted by atomic mass is 16.5. The highest BCUT2D eigenvalue weighted by Gasteiger charge is 2.19. The van der Waals surface area contributed by atoms with Gasteiger partial charge in [-0.05, 0) is 18.2 Å². The van der Waals surface area contributed by atoms with E-state index in [4.69, 9.17) is 0 Å². The van der Waals surface area contributed by atoms with E-state index < -0.39 is 11.2 Å². The lowest BCUT2D eigenvalue weighted by Gasteiger charge is -2.10. The molecule has 0 fully saturated rings. The molecule has 0 bridgehead atoms. The van der Waals surface area contributed by atoms with Crippen molar-refractivity contribution in [3.8, 4) is 11.3 Å². The molecule has 1 aromatic carbocycles. The quantitative estimate of drug-likeness (QED) is 0.483. The average Bonchev–Trinajstić information content (AvgIpc) is 2.51. The summed E-state index contributed by atoms with van der Waals surface area (Å²) in [6.07, 6.45) is 0. The third-order valence-electron chi connectivity index (χ3n) is 3.58. The molecule has 0 unspecified atom stereocenters. The molecule has 0 saturated carbocycles. The maximum atomic E-state index is 12.6. The fourth-order valence-corrected chi connectivity index (χ4v) is 2.39. The molecule has 6 nitrogen and oxygen atoms in total. The van der Waals surface area contributed by atoms with Gasteiger partial charge in [0.05, 0.1) is 0 Å². The number of benzene rings is 1. The summed E-state index contributed by atoms with van der Waals surface area (Å²) in [5.74, 6) is 0. The summed E-state index contributed by atoms with van der Waals surface area (Å²) in [5.41, 5.74) is 0.309. The minimum atomic E-state index is -0.596. The Kier molecular flexibility index (Phi) is 2.86. The van der Waals surface area contributed by atoms with Crippen LogP contribution in [0.4, 0.5) is 0 Å². The van der Waals surface area contributed by atoms with E-state index in [0.29, 0.717) is 21.5 Å². The van der Waals surface area contributed by atoms with Crippen molar-refractivity contribution in [1.29, 1.82) is 0 Å². The number of hydrogen-bond donors (Lipinski definition) is 0. The Bertz CT molecular complexity index is 956. The van der Waals surface area contributed by atoms with Crippen LogP contribution in [0.15, 0.2) is 52.1 Å². The van der Waals surface area contributed by atoms with E-state index in [2.05, 4.69) is 0 Å². The maximum absolute atomic E-state index is 12.6. The lowest BCUT2D eigenvalue weighted by molar-refractivity contribution is -0.565. The number of fused-ring (bicyclic) bond motifs is 1. The maximum Gasteiger partial charge on any atom is 0.331 e. The van der Waals surface area contributed by atoms with Gasteiger partial charge in [-0.15, -0.1) is 0 Å². The van der Waals surface area contributed by atoms with E-state index in [0.717, 1.165) is 4.57 Å². The predicted molar refractivity (Wildman–Crippen MR) is 78.8 cm³/mol. The second-order valence-electron chi connectivity index (χ2n) is 4.82. The van der Waals surface area contributed by atoms with Crippen molar-refractivity contribution >= 4 is 11.0 Å². The topological polar surface area (TPSA) is 70.9 Å². The monoisotopic (exact) mass is 283 g/mol. The van der Waals surface area contributed by atoms with E-state index in [9.17, 15) is 14.8 Å². The molecular formula is C15H13N3O3. The normalized spacial score (nSPS) is 11.0. The summed E-state index contributed by atoms with van der Waals surface area (Å²) in [6.45, 7) is 0. The molecule has 0 aliphatic rings. The van der Waals surface area contributed by atoms with Crippen LogP contribution < -0.4 is 16.0 Å². The van der Waals surface area contributed by atoms with Crippen LogP contribution in [0, 0.1) is 5.21 Å². The van der Waals surface area contributed by atoms with Crippen molar-refractivity contribution in [2.75, 3.05) is 0 Å². The van der Waals surface area contributed by atoms with E-state index in [1.54, 1.807) is 24.3 Å². The Labute approximate surface area is 119 Å². The van der Waals surface area contributed by atoms with Gasteiger partial charge in [0.25, 0.3) is 0 Å². The number of aryl methyl sites for hydroxylation is 1.